The van der Waals surface area contributed by atoms with Gasteiger partial charge in [0.25, 0.3) is 5.91 Å². The lowest BCUT2D eigenvalue weighted by Crippen LogP contribution is -1.93. The number of rotatable bonds is 2. The Hall–Kier alpha value is -2.92. The summed E-state index contributed by atoms with van der Waals surface area (Å²) in [5.41, 5.74) is 1.24. The highest BCUT2D eigenvalue weighted by molar-refractivity contribution is 6.36. The largest absolute Gasteiger partial charge is 0.506 e. The quantitative estimate of drug-likeness (QED) is 0.500. The van der Waals surface area contributed by atoms with E-state index in [9.17, 15) is 15.0 Å². The lowest BCUT2D eigenvalue weighted by molar-refractivity contribution is 0.0995. The summed E-state index contributed by atoms with van der Waals surface area (Å²) in [5.74, 6) is -1.03. The molecule has 0 saturated heterocycles. The number of carbonyl (C=O) groups is 1. The van der Waals surface area contributed by atoms with Crippen LogP contribution in [0.15, 0.2) is 58.8 Å². The van der Waals surface area contributed by atoms with Gasteiger partial charge < -0.3 is 10.2 Å². The molecule has 0 heterocycles. The summed E-state index contributed by atoms with van der Waals surface area (Å²) < 4.78 is 0. The van der Waals surface area contributed by atoms with Gasteiger partial charge in [0.15, 0.2) is 11.4 Å². The number of phenols is 2. The summed E-state index contributed by atoms with van der Waals surface area (Å²) in [5, 5.41) is 28.4. The molecule has 0 aliphatic heterocycles. The fraction of sp³-hybridized carbons (Fsp3) is 0.0556. The Bertz CT molecular complexity index is 966. The minimum atomic E-state index is -0.571. The van der Waals surface area contributed by atoms with Crippen molar-refractivity contribution in [3.8, 4) is 11.5 Å². The Kier molecular flexibility index (Phi) is 4.18. The summed E-state index contributed by atoms with van der Waals surface area (Å²) in [4.78, 5) is 12.1. The number of amides is 1. The number of phenolic OH excluding ortho intramolecular Hbond substituents is 2. The zero-order chi connectivity index (χ0) is 17.3. The highest BCUT2D eigenvalue weighted by Crippen LogP contribution is 2.47. The molecule has 0 aliphatic carbocycles. The summed E-state index contributed by atoms with van der Waals surface area (Å²) in [6.07, 6.45) is 0. The number of halogens is 1. The first kappa shape index (κ1) is 16.0. The fourth-order valence-corrected chi connectivity index (χ4v) is 2.53. The van der Waals surface area contributed by atoms with Crippen LogP contribution in [0.2, 0.25) is 5.02 Å². The number of nitrogens with zero attached hydrogens (tertiary/aromatic N) is 2. The van der Waals surface area contributed by atoms with Crippen molar-refractivity contribution in [3.05, 3.63) is 64.7 Å². The number of benzene rings is 3. The third kappa shape index (κ3) is 2.81. The van der Waals surface area contributed by atoms with E-state index in [1.807, 2.05) is 6.92 Å². The van der Waals surface area contributed by atoms with Crippen molar-refractivity contribution in [1.29, 1.82) is 0 Å². The van der Waals surface area contributed by atoms with E-state index in [2.05, 4.69) is 10.2 Å². The number of hydrogen-bond donors (Lipinski definition) is 2. The fourth-order valence-electron chi connectivity index (χ4n) is 2.30. The normalized spacial score (nSPS) is 11.2. The van der Waals surface area contributed by atoms with Gasteiger partial charge >= 0.3 is 0 Å². The van der Waals surface area contributed by atoms with Gasteiger partial charge in [-0.2, -0.15) is 0 Å². The molecule has 0 bridgehead atoms. The zero-order valence-corrected chi connectivity index (χ0v) is 13.4. The van der Waals surface area contributed by atoms with E-state index in [0.29, 0.717) is 16.3 Å². The molecule has 1 amide bonds. The van der Waals surface area contributed by atoms with Crippen LogP contribution < -0.4 is 0 Å². The minimum Gasteiger partial charge on any atom is -0.506 e. The second-order valence-corrected chi connectivity index (χ2v) is 5.65. The lowest BCUT2D eigenvalue weighted by Gasteiger charge is -2.08. The smallest absolute Gasteiger partial charge is 0.295 e. The predicted molar refractivity (Wildman–Crippen MR) is 92.3 cm³/mol. The second kappa shape index (κ2) is 6.29. The van der Waals surface area contributed by atoms with Gasteiger partial charge in [0.05, 0.1) is 0 Å². The molecule has 3 aromatic rings. The maximum absolute atomic E-state index is 12.1. The van der Waals surface area contributed by atoms with Crippen LogP contribution in [0.3, 0.4) is 0 Å². The lowest BCUT2D eigenvalue weighted by atomic mass is 10.1. The molecule has 0 spiro atoms. The van der Waals surface area contributed by atoms with Gasteiger partial charge in [0.1, 0.15) is 10.8 Å². The Morgan fingerprint density at radius 1 is 0.958 bits per heavy atom. The topological polar surface area (TPSA) is 82.2 Å². The molecule has 0 unspecified atom stereocenters. The van der Waals surface area contributed by atoms with E-state index < -0.39 is 5.91 Å². The third-order valence-corrected chi connectivity index (χ3v) is 3.97. The van der Waals surface area contributed by atoms with Crippen molar-refractivity contribution in [3.63, 3.8) is 0 Å². The first-order chi connectivity index (χ1) is 11.5. The van der Waals surface area contributed by atoms with Gasteiger partial charge in [0, 0.05) is 16.3 Å². The Morgan fingerprint density at radius 3 is 2.17 bits per heavy atom. The van der Waals surface area contributed by atoms with Crippen molar-refractivity contribution in [2.24, 2.45) is 10.2 Å². The second-order valence-electron chi connectivity index (χ2n) is 5.28. The summed E-state index contributed by atoms with van der Waals surface area (Å²) in [6, 6.07) is 13.5. The third-order valence-electron chi connectivity index (χ3n) is 3.62. The van der Waals surface area contributed by atoms with Gasteiger partial charge in [0.2, 0.25) is 0 Å². The molecule has 3 rings (SSSR count). The molecular formula is C18H13ClN2O3. The number of aryl methyl sites for hydroxylation is 1. The Balaban J connectivity index is 2.03. The number of fused-ring (bicyclic) bond motifs is 1. The molecule has 0 aliphatic rings. The molecular weight excluding hydrogens is 328 g/mol. The maximum Gasteiger partial charge on any atom is 0.295 e. The molecule has 0 fully saturated rings. The van der Waals surface area contributed by atoms with E-state index in [0.717, 1.165) is 5.56 Å². The van der Waals surface area contributed by atoms with E-state index in [-0.39, 0.29) is 22.2 Å². The number of hydrogen-bond acceptors (Lipinski definition) is 4. The highest BCUT2D eigenvalue weighted by atomic mass is 35.5. The molecule has 0 atom stereocenters. The summed E-state index contributed by atoms with van der Waals surface area (Å²) >= 11 is 6.05. The van der Waals surface area contributed by atoms with Crippen molar-refractivity contribution >= 4 is 34.0 Å². The van der Waals surface area contributed by atoms with Crippen LogP contribution in [-0.2, 0) is 0 Å². The molecule has 6 heteroatoms. The predicted octanol–water partition coefficient (Wildman–Crippen LogP) is 5.14. The molecule has 0 saturated carbocycles. The maximum atomic E-state index is 12.1. The first-order valence-electron chi connectivity index (χ1n) is 7.14. The van der Waals surface area contributed by atoms with Crippen molar-refractivity contribution in [2.45, 2.75) is 6.92 Å². The van der Waals surface area contributed by atoms with Crippen LogP contribution in [0, 0.1) is 6.92 Å². The average Bonchev–Trinajstić information content (AvgIpc) is 2.60. The van der Waals surface area contributed by atoms with Gasteiger partial charge in [-0.05, 0) is 19.1 Å². The van der Waals surface area contributed by atoms with Crippen molar-refractivity contribution < 1.29 is 15.0 Å². The molecule has 3 aromatic carbocycles. The monoisotopic (exact) mass is 340 g/mol. The van der Waals surface area contributed by atoms with Crippen molar-refractivity contribution in [2.75, 3.05) is 0 Å². The molecule has 2 N–H and O–H groups in total. The van der Waals surface area contributed by atoms with Crippen LogP contribution >= 0.6 is 11.6 Å². The number of azo groups is 1. The number of aromatic hydroxyl groups is 2. The summed E-state index contributed by atoms with van der Waals surface area (Å²) in [7, 11) is 0. The van der Waals surface area contributed by atoms with Crippen LogP contribution in [0.1, 0.15) is 15.9 Å². The number of carbonyl (C=O) groups excluding carboxylic acids is 1. The van der Waals surface area contributed by atoms with Crippen LogP contribution in [0.25, 0.3) is 10.8 Å². The average molecular weight is 341 g/mol. The molecule has 24 heavy (non-hydrogen) atoms. The molecule has 120 valence electrons. The van der Waals surface area contributed by atoms with Crippen molar-refractivity contribution in [1.82, 2.24) is 0 Å². The van der Waals surface area contributed by atoms with Gasteiger partial charge in [-0.1, -0.05) is 53.6 Å². The van der Waals surface area contributed by atoms with E-state index in [4.69, 9.17) is 11.6 Å². The van der Waals surface area contributed by atoms with Gasteiger partial charge in [-0.25, -0.2) is 0 Å². The van der Waals surface area contributed by atoms with Crippen LogP contribution in [0.5, 0.6) is 11.5 Å². The van der Waals surface area contributed by atoms with E-state index >= 15 is 0 Å². The van der Waals surface area contributed by atoms with Crippen LogP contribution in [0.4, 0.5) is 5.69 Å². The molecule has 5 nitrogen and oxygen atoms in total. The summed E-state index contributed by atoms with van der Waals surface area (Å²) in [6.45, 7) is 1.91. The first-order valence-corrected chi connectivity index (χ1v) is 7.51. The highest BCUT2D eigenvalue weighted by Gasteiger charge is 2.17. The van der Waals surface area contributed by atoms with E-state index in [1.165, 1.54) is 0 Å². The minimum absolute atomic E-state index is 0.145. The Labute approximate surface area is 142 Å². The van der Waals surface area contributed by atoms with Gasteiger partial charge in [-0.3, -0.25) is 4.79 Å². The Morgan fingerprint density at radius 2 is 1.54 bits per heavy atom. The molecule has 0 aromatic heterocycles. The SMILES string of the molecule is Cc1ccc(C(=O)N=Nc2c(Cl)c(O)c3ccccc3c2O)cc1. The molecule has 0 radical (unpaired) electrons. The zero-order valence-electron chi connectivity index (χ0n) is 12.7. The van der Waals surface area contributed by atoms with Crippen LogP contribution in [-0.4, -0.2) is 16.1 Å². The standard InChI is InChI=1S/C18H13ClN2O3/c1-10-6-8-11(9-7-10)18(24)21-20-15-14(19)16(22)12-4-2-3-5-13(12)17(15)23/h2-9,22-23H,1H3. The van der Waals surface area contributed by atoms with Gasteiger partial charge in [-0.15, -0.1) is 10.2 Å². The van der Waals surface area contributed by atoms with E-state index in [1.54, 1.807) is 48.5 Å².